The van der Waals surface area contributed by atoms with Gasteiger partial charge in [-0.1, -0.05) is 123 Å². The van der Waals surface area contributed by atoms with Crippen LogP contribution < -0.4 is 11.1 Å². The normalized spacial score (nSPS) is 12.6. The van der Waals surface area contributed by atoms with Gasteiger partial charge in [0.15, 0.2) is 0 Å². The van der Waals surface area contributed by atoms with Crippen molar-refractivity contribution in [3.05, 3.63) is 0 Å². The van der Waals surface area contributed by atoms with E-state index < -0.39 is 12.0 Å². The van der Waals surface area contributed by atoms with Gasteiger partial charge in [0.2, 0.25) is 5.91 Å². The maximum absolute atomic E-state index is 12.6. The number of hydrogen-bond donors (Lipinski definition) is 3. The minimum absolute atomic E-state index is 0.0263. The second-order valence-electron chi connectivity index (χ2n) is 12.3. The molecule has 0 spiro atoms. The number of nitrogens with two attached hydrogens (primary N) is 1. The van der Waals surface area contributed by atoms with Gasteiger partial charge in [-0.25, -0.2) is 4.79 Å². The molecule has 4 N–H and O–H groups in total. The fourth-order valence-electron chi connectivity index (χ4n) is 5.45. The molecule has 0 bridgehead atoms. The van der Waals surface area contributed by atoms with Gasteiger partial charge in [0.25, 0.3) is 0 Å². The lowest BCUT2D eigenvalue weighted by atomic mass is 10.0. The summed E-state index contributed by atoms with van der Waals surface area (Å²) in [6.45, 7) is 4.90. The van der Waals surface area contributed by atoms with Crippen molar-refractivity contribution >= 4 is 17.8 Å². The molecule has 0 heterocycles. The van der Waals surface area contributed by atoms with E-state index in [-0.39, 0.29) is 18.0 Å². The molecule has 0 rings (SSSR count). The van der Waals surface area contributed by atoms with Gasteiger partial charge in [-0.15, -0.1) is 0 Å². The van der Waals surface area contributed by atoms with E-state index in [1.165, 1.54) is 83.5 Å². The summed E-state index contributed by atoms with van der Waals surface area (Å²) in [7, 11) is 0. The van der Waals surface area contributed by atoms with Crippen molar-refractivity contribution in [2.45, 2.75) is 199 Å². The van der Waals surface area contributed by atoms with Gasteiger partial charge >= 0.3 is 11.9 Å². The topological polar surface area (TPSA) is 119 Å². The number of carbonyl (C=O) groups is 3. The summed E-state index contributed by atoms with van der Waals surface area (Å²) in [5, 5.41) is 11.9. The van der Waals surface area contributed by atoms with Crippen LogP contribution in [0, 0.1) is 0 Å². The number of carboxylic acid groups (broad SMARTS) is 1. The van der Waals surface area contributed by atoms with Gasteiger partial charge in [0.1, 0.15) is 12.1 Å². The Labute approximate surface area is 258 Å². The van der Waals surface area contributed by atoms with Gasteiger partial charge < -0.3 is 20.9 Å². The van der Waals surface area contributed by atoms with E-state index in [1.807, 2.05) is 0 Å². The number of amides is 1. The molecule has 2 unspecified atom stereocenters. The van der Waals surface area contributed by atoms with Crippen LogP contribution >= 0.6 is 0 Å². The Morgan fingerprint density at radius 2 is 1.02 bits per heavy atom. The van der Waals surface area contributed by atoms with Crippen molar-refractivity contribution in [3.63, 3.8) is 0 Å². The number of unbranched alkanes of at least 4 members (excludes halogenated alkanes) is 18. The Kier molecular flexibility index (Phi) is 29.6. The van der Waals surface area contributed by atoms with Crippen LogP contribution in [0.2, 0.25) is 0 Å². The highest BCUT2D eigenvalue weighted by Crippen LogP contribution is 2.19. The minimum atomic E-state index is -1.00. The van der Waals surface area contributed by atoms with Crippen LogP contribution in [0.15, 0.2) is 0 Å². The second kappa shape index (κ2) is 30.8. The molecule has 42 heavy (non-hydrogen) atoms. The fraction of sp³-hybridized carbons (Fsp3) is 0.914. The predicted molar refractivity (Wildman–Crippen MR) is 175 cm³/mol. The quantitative estimate of drug-likeness (QED) is 0.0527. The third-order valence-electron chi connectivity index (χ3n) is 8.17. The van der Waals surface area contributed by atoms with Crippen LogP contribution in [-0.4, -0.2) is 41.6 Å². The molecule has 0 aliphatic rings. The van der Waals surface area contributed by atoms with E-state index in [0.29, 0.717) is 32.2 Å². The Hall–Kier alpha value is -1.63. The minimum Gasteiger partial charge on any atom is -0.480 e. The number of rotatable bonds is 32. The Balaban J connectivity index is 4.26. The number of carbonyl (C=O) groups excluding carboxylic acids is 2. The fourth-order valence-corrected chi connectivity index (χ4v) is 5.45. The highest BCUT2D eigenvalue weighted by molar-refractivity contribution is 5.83. The van der Waals surface area contributed by atoms with Gasteiger partial charge in [-0.2, -0.15) is 0 Å². The predicted octanol–water partition coefficient (Wildman–Crippen LogP) is 9.00. The molecule has 248 valence electrons. The molecule has 0 aromatic carbocycles. The van der Waals surface area contributed by atoms with Crippen LogP contribution in [0.25, 0.3) is 0 Å². The van der Waals surface area contributed by atoms with Gasteiger partial charge in [0, 0.05) is 12.8 Å². The molecular formula is C35H68N2O5. The smallest absolute Gasteiger partial charge is 0.326 e. The van der Waals surface area contributed by atoms with E-state index >= 15 is 0 Å². The lowest BCUT2D eigenvalue weighted by Crippen LogP contribution is -2.40. The second-order valence-corrected chi connectivity index (χ2v) is 12.3. The average molecular weight is 597 g/mol. The first-order valence-corrected chi connectivity index (χ1v) is 17.9. The molecule has 7 nitrogen and oxygen atoms in total. The van der Waals surface area contributed by atoms with Gasteiger partial charge in [-0.05, 0) is 57.9 Å². The van der Waals surface area contributed by atoms with E-state index in [1.54, 1.807) is 0 Å². The van der Waals surface area contributed by atoms with Crippen molar-refractivity contribution in [2.75, 3.05) is 6.54 Å². The summed E-state index contributed by atoms with van der Waals surface area (Å²) in [6, 6.07) is -0.850. The molecule has 0 aromatic rings. The first-order valence-electron chi connectivity index (χ1n) is 17.9. The molecule has 0 radical (unpaired) electrons. The molecule has 0 saturated heterocycles. The largest absolute Gasteiger partial charge is 0.480 e. The lowest BCUT2D eigenvalue weighted by Gasteiger charge is -2.18. The Morgan fingerprint density at radius 1 is 0.595 bits per heavy atom. The van der Waals surface area contributed by atoms with Gasteiger partial charge in [0.05, 0.1) is 0 Å². The van der Waals surface area contributed by atoms with Crippen LogP contribution in [0.1, 0.15) is 187 Å². The molecule has 0 fully saturated rings. The first-order chi connectivity index (χ1) is 20.4. The maximum atomic E-state index is 12.6. The monoisotopic (exact) mass is 597 g/mol. The lowest BCUT2D eigenvalue weighted by molar-refractivity contribution is -0.150. The molecule has 0 aromatic heterocycles. The van der Waals surface area contributed by atoms with E-state index in [4.69, 9.17) is 10.5 Å². The molecule has 0 saturated carbocycles. The summed E-state index contributed by atoms with van der Waals surface area (Å²) < 4.78 is 5.96. The molecule has 7 heteroatoms. The van der Waals surface area contributed by atoms with Crippen molar-refractivity contribution in [3.8, 4) is 0 Å². The third kappa shape index (κ3) is 27.2. The van der Waals surface area contributed by atoms with Crippen molar-refractivity contribution in [1.29, 1.82) is 0 Å². The van der Waals surface area contributed by atoms with E-state index in [0.717, 1.165) is 64.2 Å². The molecular weight excluding hydrogens is 528 g/mol. The molecule has 0 aliphatic heterocycles. The number of esters is 1. The Bertz CT molecular complexity index is 643. The van der Waals surface area contributed by atoms with Crippen LogP contribution in [0.4, 0.5) is 0 Å². The zero-order chi connectivity index (χ0) is 31.1. The number of nitrogens with one attached hydrogen (secondary N) is 1. The first kappa shape index (κ1) is 40.4. The van der Waals surface area contributed by atoms with Crippen LogP contribution in [-0.2, 0) is 19.1 Å². The highest BCUT2D eigenvalue weighted by atomic mass is 16.5. The van der Waals surface area contributed by atoms with Crippen LogP contribution in [0.5, 0.6) is 0 Å². The standard InChI is InChI=1S/C35H68N2O5/c1-3-5-7-9-11-12-14-16-20-25-31(42-34(39)29-23-19-13-10-8-6-4-2)26-21-17-15-18-22-28-33(38)37-32(35(40)41)27-24-30-36/h31-32H,3-30,36H2,1-2H3,(H,37,38)(H,40,41). The summed E-state index contributed by atoms with van der Waals surface area (Å²) >= 11 is 0. The van der Waals surface area contributed by atoms with Crippen molar-refractivity contribution in [2.24, 2.45) is 5.73 Å². The molecule has 1 amide bonds. The summed E-state index contributed by atoms with van der Waals surface area (Å²) in [6.07, 6.45) is 28.6. The van der Waals surface area contributed by atoms with Gasteiger partial charge in [-0.3, -0.25) is 9.59 Å². The van der Waals surface area contributed by atoms with Crippen molar-refractivity contribution in [1.82, 2.24) is 5.32 Å². The highest BCUT2D eigenvalue weighted by Gasteiger charge is 2.19. The zero-order valence-electron chi connectivity index (χ0n) is 27.6. The van der Waals surface area contributed by atoms with Crippen molar-refractivity contribution < 1.29 is 24.2 Å². The number of carboxylic acids is 1. The average Bonchev–Trinajstić information content (AvgIpc) is 2.97. The molecule has 2 atom stereocenters. The number of aliphatic carboxylic acids is 1. The summed E-state index contributed by atoms with van der Waals surface area (Å²) in [4.78, 5) is 36.0. The Morgan fingerprint density at radius 3 is 1.48 bits per heavy atom. The summed E-state index contributed by atoms with van der Waals surface area (Å²) in [5.74, 6) is -1.23. The van der Waals surface area contributed by atoms with E-state index in [2.05, 4.69) is 19.2 Å². The SMILES string of the molecule is CCCCCCCCCCCC(CCCCCCCC(=O)NC(CCCN)C(=O)O)OC(=O)CCCCCCCCC. The number of ether oxygens (including phenoxy) is 1. The maximum Gasteiger partial charge on any atom is 0.326 e. The third-order valence-corrected chi connectivity index (χ3v) is 8.17. The number of hydrogen-bond acceptors (Lipinski definition) is 5. The zero-order valence-corrected chi connectivity index (χ0v) is 27.6. The van der Waals surface area contributed by atoms with Crippen LogP contribution in [0.3, 0.4) is 0 Å². The molecule has 0 aliphatic carbocycles. The van der Waals surface area contributed by atoms with E-state index in [9.17, 15) is 19.5 Å². The summed E-state index contributed by atoms with van der Waals surface area (Å²) in [5.41, 5.74) is 5.46.